The molecule has 0 saturated heterocycles. The van der Waals surface area contributed by atoms with E-state index in [4.69, 9.17) is 0 Å². The topological polar surface area (TPSA) is 93.1 Å². The van der Waals surface area contributed by atoms with Crippen molar-refractivity contribution in [2.75, 3.05) is 17.6 Å². The van der Waals surface area contributed by atoms with Crippen LogP contribution in [0.1, 0.15) is 34.1 Å². The first-order valence-corrected chi connectivity index (χ1v) is 11.6. The minimum atomic E-state index is -0.226. The smallest absolute Gasteiger partial charge is 0.262 e. The average Bonchev–Trinajstić information content (AvgIpc) is 3.31. The molecule has 1 aliphatic rings. The van der Waals surface area contributed by atoms with Gasteiger partial charge < -0.3 is 10.6 Å². The van der Waals surface area contributed by atoms with Gasteiger partial charge in [0, 0.05) is 29.7 Å². The lowest BCUT2D eigenvalue weighted by atomic mass is 10.2. The Bertz CT molecular complexity index is 1200. The van der Waals surface area contributed by atoms with E-state index >= 15 is 0 Å². The van der Waals surface area contributed by atoms with Crippen molar-refractivity contribution >= 4 is 50.8 Å². The Morgan fingerprint density at radius 1 is 1.30 bits per heavy atom. The van der Waals surface area contributed by atoms with Crippen molar-refractivity contribution in [3.05, 3.63) is 50.6 Å². The molecular formula is C21H22N4O3S2. The van der Waals surface area contributed by atoms with Crippen molar-refractivity contribution in [1.82, 2.24) is 14.9 Å². The zero-order valence-electron chi connectivity index (χ0n) is 16.8. The number of nitrogens with one attached hydrogen (secondary N) is 2. The summed E-state index contributed by atoms with van der Waals surface area (Å²) in [5.74, 6) is -0.295. The first kappa shape index (κ1) is 20.6. The molecule has 0 unspecified atom stereocenters. The van der Waals surface area contributed by atoms with Crippen molar-refractivity contribution < 1.29 is 9.59 Å². The van der Waals surface area contributed by atoms with Gasteiger partial charge in [0.25, 0.3) is 11.5 Å². The van der Waals surface area contributed by atoms with Crippen LogP contribution in [-0.2, 0) is 24.7 Å². The van der Waals surface area contributed by atoms with E-state index < -0.39 is 0 Å². The van der Waals surface area contributed by atoms with Crippen molar-refractivity contribution in [2.45, 2.75) is 31.3 Å². The normalized spacial score (nSPS) is 12.7. The molecule has 1 aromatic carbocycles. The number of benzene rings is 1. The number of aromatic nitrogens is 2. The van der Waals surface area contributed by atoms with E-state index in [-0.39, 0.29) is 23.1 Å². The summed E-state index contributed by atoms with van der Waals surface area (Å²) < 4.78 is 1.53. The van der Waals surface area contributed by atoms with Crippen LogP contribution in [0.3, 0.4) is 0 Å². The first-order chi connectivity index (χ1) is 14.5. The molecule has 0 fully saturated rings. The fourth-order valence-corrected chi connectivity index (χ4v) is 5.64. The number of amides is 2. The fraction of sp³-hybridized carbons (Fsp3) is 0.333. The number of fused-ring (bicyclic) bond motifs is 3. The van der Waals surface area contributed by atoms with Crippen LogP contribution in [0.25, 0.3) is 10.2 Å². The summed E-state index contributed by atoms with van der Waals surface area (Å²) >= 11 is 2.82. The number of nitrogens with zero attached hydrogens (tertiary/aromatic N) is 2. The number of carbonyl (C=O) groups excluding carboxylic acids is 2. The van der Waals surface area contributed by atoms with Crippen LogP contribution < -0.4 is 16.2 Å². The molecule has 2 heterocycles. The molecular weight excluding hydrogens is 420 g/mol. The number of aryl methyl sites for hydroxylation is 2. The standard InChI is InChI=1S/C21H22N4O3S2/c1-3-22-18(27)12-6-4-7-13(10-12)23-16(26)11-29-21-24-19-17(20(28)25(21)2)14-8-5-9-15(14)30-19/h4,6-7,10H,3,5,8-9,11H2,1-2H3,(H,22,27)(H,23,26). The van der Waals surface area contributed by atoms with Crippen molar-refractivity contribution in [1.29, 1.82) is 0 Å². The Kier molecular flexibility index (Phi) is 5.92. The number of rotatable bonds is 6. The summed E-state index contributed by atoms with van der Waals surface area (Å²) in [6.45, 7) is 2.39. The molecule has 0 aliphatic heterocycles. The summed E-state index contributed by atoms with van der Waals surface area (Å²) in [5.41, 5.74) is 2.15. The highest BCUT2D eigenvalue weighted by molar-refractivity contribution is 7.99. The van der Waals surface area contributed by atoms with Gasteiger partial charge in [-0.2, -0.15) is 0 Å². The molecule has 2 aromatic heterocycles. The maximum Gasteiger partial charge on any atom is 0.262 e. The zero-order valence-corrected chi connectivity index (χ0v) is 18.4. The fourth-order valence-electron chi connectivity index (χ4n) is 3.56. The first-order valence-electron chi connectivity index (χ1n) is 9.80. The maximum atomic E-state index is 12.8. The summed E-state index contributed by atoms with van der Waals surface area (Å²) in [6, 6.07) is 6.80. The van der Waals surface area contributed by atoms with Gasteiger partial charge in [0.15, 0.2) is 5.16 Å². The van der Waals surface area contributed by atoms with E-state index in [1.165, 1.54) is 21.2 Å². The number of carbonyl (C=O) groups is 2. The Labute approximate surface area is 181 Å². The number of hydrogen-bond acceptors (Lipinski definition) is 6. The molecule has 4 rings (SSSR count). The van der Waals surface area contributed by atoms with E-state index in [0.717, 1.165) is 35.0 Å². The predicted molar refractivity (Wildman–Crippen MR) is 121 cm³/mol. The molecule has 2 amide bonds. The van der Waals surface area contributed by atoms with Crippen molar-refractivity contribution in [3.63, 3.8) is 0 Å². The molecule has 0 saturated carbocycles. The summed E-state index contributed by atoms with van der Waals surface area (Å²) in [7, 11) is 1.70. The minimum Gasteiger partial charge on any atom is -0.352 e. The largest absolute Gasteiger partial charge is 0.352 e. The Morgan fingerprint density at radius 2 is 2.13 bits per heavy atom. The number of thioether (sulfide) groups is 1. The van der Waals surface area contributed by atoms with E-state index in [2.05, 4.69) is 15.6 Å². The third kappa shape index (κ3) is 3.99. The monoisotopic (exact) mass is 442 g/mol. The number of thiophene rings is 1. The lowest BCUT2D eigenvalue weighted by molar-refractivity contribution is -0.113. The van der Waals surface area contributed by atoms with Crippen LogP contribution >= 0.6 is 23.1 Å². The van der Waals surface area contributed by atoms with Crippen molar-refractivity contribution in [3.8, 4) is 0 Å². The van der Waals surface area contributed by atoms with Gasteiger partial charge in [-0.3, -0.25) is 19.0 Å². The third-order valence-electron chi connectivity index (χ3n) is 4.98. The van der Waals surface area contributed by atoms with Crippen LogP contribution in [0.15, 0.2) is 34.2 Å². The molecule has 0 spiro atoms. The van der Waals surface area contributed by atoms with E-state index in [0.29, 0.717) is 23.0 Å². The van der Waals surface area contributed by atoms with Crippen LogP contribution in [-0.4, -0.2) is 33.7 Å². The van der Waals surface area contributed by atoms with E-state index in [9.17, 15) is 14.4 Å². The molecule has 0 atom stereocenters. The number of anilines is 1. The second-order valence-electron chi connectivity index (χ2n) is 7.07. The molecule has 30 heavy (non-hydrogen) atoms. The van der Waals surface area contributed by atoms with Crippen molar-refractivity contribution in [2.24, 2.45) is 7.05 Å². The molecule has 3 aromatic rings. The molecule has 9 heteroatoms. The highest BCUT2D eigenvalue weighted by atomic mass is 32.2. The molecule has 0 radical (unpaired) electrons. The molecule has 0 bridgehead atoms. The summed E-state index contributed by atoms with van der Waals surface area (Å²) in [5, 5.41) is 6.80. The Morgan fingerprint density at radius 3 is 2.93 bits per heavy atom. The molecule has 156 valence electrons. The second kappa shape index (κ2) is 8.61. The lowest BCUT2D eigenvalue weighted by Crippen LogP contribution is -2.23. The van der Waals surface area contributed by atoms with Gasteiger partial charge in [-0.25, -0.2) is 4.98 Å². The van der Waals surface area contributed by atoms with Gasteiger partial charge in [0.05, 0.1) is 11.1 Å². The van der Waals surface area contributed by atoms with Gasteiger partial charge in [-0.15, -0.1) is 11.3 Å². The Balaban J connectivity index is 1.46. The highest BCUT2D eigenvalue weighted by Gasteiger charge is 2.22. The van der Waals surface area contributed by atoms with Gasteiger partial charge in [0.2, 0.25) is 5.91 Å². The van der Waals surface area contributed by atoms with Gasteiger partial charge in [-0.05, 0) is 49.9 Å². The van der Waals surface area contributed by atoms with Gasteiger partial charge in [-0.1, -0.05) is 17.8 Å². The van der Waals surface area contributed by atoms with Gasteiger partial charge in [0.1, 0.15) is 4.83 Å². The van der Waals surface area contributed by atoms with Crippen LogP contribution in [0.4, 0.5) is 5.69 Å². The molecule has 2 N–H and O–H groups in total. The second-order valence-corrected chi connectivity index (χ2v) is 9.10. The molecule has 7 nitrogen and oxygen atoms in total. The third-order valence-corrected chi connectivity index (χ3v) is 7.20. The number of hydrogen-bond donors (Lipinski definition) is 2. The van der Waals surface area contributed by atoms with Crippen LogP contribution in [0, 0.1) is 0 Å². The lowest BCUT2D eigenvalue weighted by Gasteiger charge is -2.09. The summed E-state index contributed by atoms with van der Waals surface area (Å²) in [6.07, 6.45) is 3.05. The quantitative estimate of drug-likeness (QED) is 0.452. The highest BCUT2D eigenvalue weighted by Crippen LogP contribution is 2.35. The van der Waals surface area contributed by atoms with Crippen LogP contribution in [0.2, 0.25) is 0 Å². The van der Waals surface area contributed by atoms with E-state index in [1.54, 1.807) is 42.6 Å². The van der Waals surface area contributed by atoms with Gasteiger partial charge >= 0.3 is 0 Å². The average molecular weight is 443 g/mol. The predicted octanol–water partition coefficient (Wildman–Crippen LogP) is 2.96. The molecule has 1 aliphatic carbocycles. The maximum absolute atomic E-state index is 12.8. The van der Waals surface area contributed by atoms with Crippen LogP contribution in [0.5, 0.6) is 0 Å². The minimum absolute atomic E-state index is 0.0445. The zero-order chi connectivity index (χ0) is 21.3. The Hall–Kier alpha value is -2.65. The summed E-state index contributed by atoms with van der Waals surface area (Å²) in [4.78, 5) is 43.9. The van der Waals surface area contributed by atoms with E-state index in [1.807, 2.05) is 6.92 Å². The SMILES string of the molecule is CCNC(=O)c1cccc(NC(=O)CSc2nc3sc4c(c3c(=O)n2C)CCC4)c1.